The van der Waals surface area contributed by atoms with E-state index in [9.17, 15) is 9.59 Å². The molecule has 1 saturated heterocycles. The molecule has 29 heavy (non-hydrogen) atoms. The molecule has 0 radical (unpaired) electrons. The first-order chi connectivity index (χ1) is 14.2. The van der Waals surface area contributed by atoms with Gasteiger partial charge in [0.1, 0.15) is 5.70 Å². The number of hydrogen-bond donors (Lipinski definition) is 0. The summed E-state index contributed by atoms with van der Waals surface area (Å²) in [5, 5.41) is 6.00. The SMILES string of the molecule is CCCCCCCCC/C=N/N1C(=Nc2ccccc2)SC(=O)/C1=C\C(=O)OC. The van der Waals surface area contributed by atoms with Gasteiger partial charge in [0, 0.05) is 6.21 Å². The van der Waals surface area contributed by atoms with E-state index >= 15 is 0 Å². The maximum atomic E-state index is 12.4. The lowest BCUT2D eigenvalue weighted by atomic mass is 10.1. The van der Waals surface area contributed by atoms with Crippen molar-refractivity contribution in [2.75, 3.05) is 7.11 Å². The number of aliphatic imine (C=N–C) groups is 1. The van der Waals surface area contributed by atoms with Crippen LogP contribution in [0, 0.1) is 0 Å². The van der Waals surface area contributed by atoms with Gasteiger partial charge < -0.3 is 4.74 Å². The lowest BCUT2D eigenvalue weighted by molar-refractivity contribution is -0.135. The number of hydrazone groups is 1. The maximum Gasteiger partial charge on any atom is 0.332 e. The molecule has 1 aliphatic heterocycles. The van der Waals surface area contributed by atoms with Gasteiger partial charge in [-0.05, 0) is 36.7 Å². The van der Waals surface area contributed by atoms with E-state index in [-0.39, 0.29) is 10.8 Å². The number of ether oxygens (including phenoxy) is 1. The highest BCUT2D eigenvalue weighted by Crippen LogP contribution is 2.31. The van der Waals surface area contributed by atoms with Crippen LogP contribution in [0.3, 0.4) is 0 Å². The molecule has 1 aliphatic rings. The maximum absolute atomic E-state index is 12.4. The minimum atomic E-state index is -0.595. The summed E-state index contributed by atoms with van der Waals surface area (Å²) in [6.07, 6.45) is 12.4. The average molecular weight is 416 g/mol. The third kappa shape index (κ3) is 7.85. The highest BCUT2D eigenvalue weighted by Gasteiger charge is 2.34. The van der Waals surface area contributed by atoms with Crippen molar-refractivity contribution >= 4 is 39.9 Å². The molecule has 0 bridgehead atoms. The largest absolute Gasteiger partial charge is 0.466 e. The van der Waals surface area contributed by atoms with Crippen LogP contribution in [0.5, 0.6) is 0 Å². The fourth-order valence-electron chi connectivity index (χ4n) is 2.79. The molecule has 0 amide bonds. The van der Waals surface area contributed by atoms with E-state index in [1.54, 1.807) is 6.21 Å². The highest BCUT2D eigenvalue weighted by molar-refractivity contribution is 8.27. The van der Waals surface area contributed by atoms with Gasteiger partial charge in [0.25, 0.3) is 0 Å². The van der Waals surface area contributed by atoms with Gasteiger partial charge in [0.15, 0.2) is 5.17 Å². The van der Waals surface area contributed by atoms with E-state index in [4.69, 9.17) is 0 Å². The summed E-state index contributed by atoms with van der Waals surface area (Å²) in [5.41, 5.74) is 0.877. The Bertz CT molecular complexity index is 760. The Morgan fingerprint density at radius 1 is 1.10 bits per heavy atom. The van der Waals surface area contributed by atoms with Crippen LogP contribution in [0.2, 0.25) is 0 Å². The number of rotatable bonds is 11. The van der Waals surface area contributed by atoms with Crippen LogP contribution in [0.25, 0.3) is 0 Å². The summed E-state index contributed by atoms with van der Waals surface area (Å²) < 4.78 is 4.66. The molecule has 7 heteroatoms. The number of para-hydroxylation sites is 1. The van der Waals surface area contributed by atoms with Crippen LogP contribution in [-0.4, -0.2) is 34.6 Å². The van der Waals surface area contributed by atoms with Gasteiger partial charge in [-0.2, -0.15) is 5.10 Å². The van der Waals surface area contributed by atoms with Crippen LogP contribution < -0.4 is 0 Å². The molecule has 1 aromatic carbocycles. The Hall–Kier alpha value is -2.41. The average Bonchev–Trinajstić information content (AvgIpc) is 3.01. The predicted molar refractivity (Wildman–Crippen MR) is 119 cm³/mol. The predicted octanol–water partition coefficient (Wildman–Crippen LogP) is 5.43. The Kier molecular flexibility index (Phi) is 10.2. The number of nitrogens with zero attached hydrogens (tertiary/aromatic N) is 3. The second kappa shape index (κ2) is 12.9. The van der Waals surface area contributed by atoms with Crippen LogP contribution in [0.1, 0.15) is 58.3 Å². The second-order valence-corrected chi connectivity index (χ2v) is 7.63. The summed E-state index contributed by atoms with van der Waals surface area (Å²) >= 11 is 0.956. The summed E-state index contributed by atoms with van der Waals surface area (Å²) in [5.74, 6) is -0.595. The van der Waals surface area contributed by atoms with Gasteiger partial charge in [-0.1, -0.05) is 63.6 Å². The Morgan fingerprint density at radius 2 is 1.79 bits per heavy atom. The first-order valence-electron chi connectivity index (χ1n) is 10.1. The Balaban J connectivity index is 2.03. The number of thioether (sulfide) groups is 1. The van der Waals surface area contributed by atoms with E-state index in [0.29, 0.717) is 5.17 Å². The number of unbranched alkanes of at least 4 members (excludes halogenated alkanes) is 7. The monoisotopic (exact) mass is 415 g/mol. The Morgan fingerprint density at radius 3 is 2.48 bits per heavy atom. The van der Waals surface area contributed by atoms with Crippen molar-refractivity contribution in [3.05, 3.63) is 42.1 Å². The van der Waals surface area contributed by atoms with Crippen molar-refractivity contribution in [1.29, 1.82) is 0 Å². The molecule has 0 atom stereocenters. The quantitative estimate of drug-likeness (QED) is 0.208. The van der Waals surface area contributed by atoms with Gasteiger partial charge in [-0.15, -0.1) is 0 Å². The zero-order chi connectivity index (χ0) is 20.9. The number of amidine groups is 1. The zero-order valence-corrected chi connectivity index (χ0v) is 18.0. The smallest absolute Gasteiger partial charge is 0.332 e. The minimum absolute atomic E-state index is 0.160. The fourth-order valence-corrected chi connectivity index (χ4v) is 3.58. The summed E-state index contributed by atoms with van der Waals surface area (Å²) in [4.78, 5) is 28.6. The van der Waals surface area contributed by atoms with Crippen molar-refractivity contribution in [3.8, 4) is 0 Å². The van der Waals surface area contributed by atoms with E-state index < -0.39 is 5.97 Å². The van der Waals surface area contributed by atoms with Crippen LogP contribution in [0.15, 0.2) is 52.2 Å². The molecule has 0 aliphatic carbocycles. The lowest BCUT2D eigenvalue weighted by Crippen LogP contribution is -2.18. The zero-order valence-electron chi connectivity index (χ0n) is 17.2. The van der Waals surface area contributed by atoms with E-state index in [1.807, 2.05) is 30.3 Å². The number of methoxy groups -OCH3 is 1. The minimum Gasteiger partial charge on any atom is -0.466 e. The molecule has 1 heterocycles. The molecule has 0 aromatic heterocycles. The third-order valence-electron chi connectivity index (χ3n) is 4.37. The first-order valence-corrected chi connectivity index (χ1v) is 11.0. The number of carbonyl (C=O) groups excluding carboxylic acids is 2. The molecule has 6 nitrogen and oxygen atoms in total. The summed E-state index contributed by atoms with van der Waals surface area (Å²) in [6, 6.07) is 9.35. The first kappa shape index (κ1) is 22.9. The molecule has 0 saturated carbocycles. The summed E-state index contributed by atoms with van der Waals surface area (Å²) in [7, 11) is 1.28. The fraction of sp³-hybridized carbons (Fsp3) is 0.455. The molecule has 1 fully saturated rings. The van der Waals surface area contributed by atoms with Crippen LogP contribution in [0.4, 0.5) is 5.69 Å². The van der Waals surface area contributed by atoms with Crippen molar-refractivity contribution in [2.45, 2.75) is 58.3 Å². The number of hydrogen-bond acceptors (Lipinski definition) is 6. The van der Waals surface area contributed by atoms with Gasteiger partial charge in [-0.3, -0.25) is 4.79 Å². The molecule has 2 rings (SSSR count). The molecule has 0 N–H and O–H groups in total. The molecule has 156 valence electrons. The van der Waals surface area contributed by atoms with Crippen molar-refractivity contribution in [1.82, 2.24) is 5.01 Å². The molecule has 0 unspecified atom stereocenters. The van der Waals surface area contributed by atoms with Crippen molar-refractivity contribution in [3.63, 3.8) is 0 Å². The van der Waals surface area contributed by atoms with Gasteiger partial charge in [0.05, 0.1) is 18.9 Å². The molecule has 1 aromatic rings. The van der Waals surface area contributed by atoms with Gasteiger partial charge in [-0.25, -0.2) is 14.8 Å². The number of carbonyl (C=O) groups is 2. The molecule has 0 spiro atoms. The standard InChI is InChI=1S/C22H29N3O3S/c1-3-4-5-6-7-8-9-13-16-23-25-19(17-20(26)28-2)21(27)29-22(25)24-18-14-11-10-12-15-18/h10-12,14-17H,3-9,13H2,1-2H3/b19-17+,23-16+,24-22?. The Labute approximate surface area is 177 Å². The lowest BCUT2D eigenvalue weighted by Gasteiger charge is -2.11. The van der Waals surface area contributed by atoms with Gasteiger partial charge >= 0.3 is 5.97 Å². The topological polar surface area (TPSA) is 71.3 Å². The van der Waals surface area contributed by atoms with E-state index in [2.05, 4.69) is 21.8 Å². The highest BCUT2D eigenvalue weighted by atomic mass is 32.2. The van der Waals surface area contributed by atoms with E-state index in [1.165, 1.54) is 50.6 Å². The molecular formula is C22H29N3O3S. The number of esters is 1. The summed E-state index contributed by atoms with van der Waals surface area (Å²) in [6.45, 7) is 2.22. The van der Waals surface area contributed by atoms with Crippen LogP contribution in [-0.2, 0) is 14.3 Å². The van der Waals surface area contributed by atoms with Gasteiger partial charge in [0.2, 0.25) is 5.12 Å². The molecular weight excluding hydrogens is 386 g/mol. The number of benzene rings is 1. The normalized spacial score (nSPS) is 17.0. The third-order valence-corrected chi connectivity index (χ3v) is 5.21. The van der Waals surface area contributed by atoms with E-state index in [0.717, 1.165) is 36.4 Å². The second-order valence-electron chi connectivity index (χ2n) is 6.69. The van der Waals surface area contributed by atoms with Crippen molar-refractivity contribution in [2.24, 2.45) is 10.1 Å². The van der Waals surface area contributed by atoms with Crippen LogP contribution >= 0.6 is 11.8 Å². The van der Waals surface area contributed by atoms with Crippen molar-refractivity contribution < 1.29 is 14.3 Å².